The first-order chi connectivity index (χ1) is 9.49. The van der Waals surface area contributed by atoms with Crippen molar-refractivity contribution in [3.8, 4) is 0 Å². The van der Waals surface area contributed by atoms with Crippen molar-refractivity contribution >= 4 is 23.1 Å². The van der Waals surface area contributed by atoms with E-state index in [9.17, 15) is 4.79 Å². The predicted molar refractivity (Wildman–Crippen MR) is 81.9 cm³/mol. The van der Waals surface area contributed by atoms with E-state index in [1.54, 1.807) is 6.20 Å². The number of rotatable bonds is 4. The third kappa shape index (κ3) is 3.32. The normalized spacial score (nSPS) is 23.4. The summed E-state index contributed by atoms with van der Waals surface area (Å²) in [5.74, 6) is -0.293. The zero-order chi connectivity index (χ0) is 14.7. The van der Waals surface area contributed by atoms with Gasteiger partial charge in [0.25, 0.3) is 0 Å². The lowest BCUT2D eigenvalue weighted by molar-refractivity contribution is -0.124. The molecule has 5 nitrogen and oxygen atoms in total. The fourth-order valence-electron chi connectivity index (χ4n) is 2.64. The fraction of sp³-hybridized carbons (Fsp3) is 0.500. The SMILES string of the molecule is CC1CCC(C(N)=O)CN1Cc1cccnc1C(N)=S. The van der Waals surface area contributed by atoms with Crippen LogP contribution in [0.5, 0.6) is 0 Å². The van der Waals surface area contributed by atoms with Crippen LogP contribution in [-0.2, 0) is 11.3 Å². The van der Waals surface area contributed by atoms with Crippen LogP contribution in [0.3, 0.4) is 0 Å². The van der Waals surface area contributed by atoms with Crippen molar-refractivity contribution < 1.29 is 4.79 Å². The molecule has 2 atom stereocenters. The molecule has 108 valence electrons. The number of carbonyl (C=O) groups excluding carboxylic acids is 1. The number of piperidine rings is 1. The minimum Gasteiger partial charge on any atom is -0.388 e. The number of primary amides is 1. The van der Waals surface area contributed by atoms with Gasteiger partial charge in [-0.25, -0.2) is 0 Å². The lowest BCUT2D eigenvalue weighted by atomic mass is 9.92. The number of thiocarbonyl (C=S) groups is 1. The first-order valence-corrected chi connectivity index (χ1v) is 7.17. The minimum atomic E-state index is -0.220. The molecule has 2 heterocycles. The van der Waals surface area contributed by atoms with Crippen molar-refractivity contribution in [3.05, 3.63) is 29.6 Å². The van der Waals surface area contributed by atoms with E-state index < -0.39 is 0 Å². The average molecular weight is 292 g/mol. The molecule has 4 N–H and O–H groups in total. The second kappa shape index (κ2) is 6.28. The summed E-state index contributed by atoms with van der Waals surface area (Å²) in [6.07, 6.45) is 3.52. The lowest BCUT2D eigenvalue weighted by Gasteiger charge is -2.37. The van der Waals surface area contributed by atoms with E-state index >= 15 is 0 Å². The molecule has 1 aliphatic rings. The Hall–Kier alpha value is -1.53. The van der Waals surface area contributed by atoms with Crippen molar-refractivity contribution in [2.45, 2.75) is 32.4 Å². The number of nitrogens with two attached hydrogens (primary N) is 2. The summed E-state index contributed by atoms with van der Waals surface area (Å²) in [6.45, 7) is 3.53. The van der Waals surface area contributed by atoms with Crippen LogP contribution in [0, 0.1) is 5.92 Å². The summed E-state index contributed by atoms with van der Waals surface area (Å²) >= 11 is 5.03. The largest absolute Gasteiger partial charge is 0.388 e. The van der Waals surface area contributed by atoms with Crippen molar-refractivity contribution in [2.24, 2.45) is 17.4 Å². The maximum Gasteiger partial charge on any atom is 0.221 e. The van der Waals surface area contributed by atoms with Crippen LogP contribution in [0.2, 0.25) is 0 Å². The number of likely N-dealkylation sites (tertiary alicyclic amines) is 1. The highest BCUT2D eigenvalue weighted by atomic mass is 32.1. The second-order valence-corrected chi connectivity index (χ2v) is 5.77. The Bertz CT molecular complexity index is 520. The van der Waals surface area contributed by atoms with Crippen LogP contribution in [0.25, 0.3) is 0 Å². The fourth-order valence-corrected chi connectivity index (χ4v) is 2.82. The van der Waals surface area contributed by atoms with Gasteiger partial charge in [-0.2, -0.15) is 0 Å². The molecule has 1 fully saturated rings. The molecule has 0 bridgehead atoms. The summed E-state index contributed by atoms with van der Waals surface area (Å²) in [4.78, 5) is 18.2. The molecule has 6 heteroatoms. The molecular formula is C14H20N4OS. The Balaban J connectivity index is 2.16. The summed E-state index contributed by atoms with van der Waals surface area (Å²) in [5, 5.41) is 0. The molecule has 1 saturated heterocycles. The van der Waals surface area contributed by atoms with E-state index in [0.29, 0.717) is 29.8 Å². The minimum absolute atomic E-state index is 0.0730. The van der Waals surface area contributed by atoms with E-state index in [2.05, 4.69) is 16.8 Å². The highest BCUT2D eigenvalue weighted by Gasteiger charge is 2.29. The zero-order valence-corrected chi connectivity index (χ0v) is 12.4. The van der Waals surface area contributed by atoms with E-state index in [-0.39, 0.29) is 11.8 Å². The third-order valence-corrected chi connectivity index (χ3v) is 4.10. The highest BCUT2D eigenvalue weighted by molar-refractivity contribution is 7.80. The Labute approximate surface area is 124 Å². The van der Waals surface area contributed by atoms with Crippen LogP contribution < -0.4 is 11.5 Å². The standard InChI is InChI=1S/C14H20N4OS/c1-9-4-5-11(13(15)19)8-18(9)7-10-3-2-6-17-12(10)14(16)20/h2-3,6,9,11H,4-5,7-8H2,1H3,(H2,15,19)(H2,16,20). The predicted octanol–water partition coefficient (Wildman–Crippen LogP) is 0.802. The van der Waals surface area contributed by atoms with E-state index in [0.717, 1.165) is 18.4 Å². The third-order valence-electron chi connectivity index (χ3n) is 3.91. The van der Waals surface area contributed by atoms with Crippen molar-refractivity contribution in [2.75, 3.05) is 6.54 Å². The van der Waals surface area contributed by atoms with Gasteiger partial charge in [-0.1, -0.05) is 18.3 Å². The summed E-state index contributed by atoms with van der Waals surface area (Å²) < 4.78 is 0. The van der Waals surface area contributed by atoms with E-state index in [1.165, 1.54) is 0 Å². The summed E-state index contributed by atoms with van der Waals surface area (Å²) in [6, 6.07) is 4.25. The molecule has 0 aromatic carbocycles. The summed E-state index contributed by atoms with van der Waals surface area (Å²) in [5.41, 5.74) is 12.8. The van der Waals surface area contributed by atoms with Crippen LogP contribution >= 0.6 is 12.2 Å². The molecule has 1 aromatic rings. The molecule has 0 spiro atoms. The van der Waals surface area contributed by atoms with Gasteiger partial charge in [0.05, 0.1) is 5.92 Å². The number of nitrogens with zero attached hydrogens (tertiary/aromatic N) is 2. The van der Waals surface area contributed by atoms with Gasteiger partial charge in [-0.05, 0) is 31.4 Å². The Morgan fingerprint density at radius 2 is 2.25 bits per heavy atom. The maximum atomic E-state index is 11.4. The molecule has 20 heavy (non-hydrogen) atoms. The number of pyridine rings is 1. The van der Waals surface area contributed by atoms with Crippen LogP contribution in [0.1, 0.15) is 31.0 Å². The van der Waals surface area contributed by atoms with Gasteiger partial charge in [0, 0.05) is 25.3 Å². The molecule has 0 radical (unpaired) electrons. The summed E-state index contributed by atoms with van der Waals surface area (Å²) in [7, 11) is 0. The van der Waals surface area contributed by atoms with Crippen molar-refractivity contribution in [3.63, 3.8) is 0 Å². The topological polar surface area (TPSA) is 85.2 Å². The molecule has 2 rings (SSSR count). The number of amides is 1. The molecule has 1 amide bonds. The van der Waals surface area contributed by atoms with Crippen molar-refractivity contribution in [1.29, 1.82) is 0 Å². The smallest absolute Gasteiger partial charge is 0.221 e. The Kier molecular flexibility index (Phi) is 4.67. The van der Waals surface area contributed by atoms with Gasteiger partial charge >= 0.3 is 0 Å². The van der Waals surface area contributed by atoms with Crippen LogP contribution in [0.4, 0.5) is 0 Å². The van der Waals surface area contributed by atoms with E-state index in [1.807, 2.05) is 12.1 Å². The number of hydrogen-bond donors (Lipinski definition) is 2. The van der Waals surface area contributed by atoms with Gasteiger partial charge in [0.2, 0.25) is 5.91 Å². The molecule has 1 aromatic heterocycles. The second-order valence-electron chi connectivity index (χ2n) is 5.33. The molecule has 1 aliphatic heterocycles. The lowest BCUT2D eigenvalue weighted by Crippen LogP contribution is -2.45. The number of aromatic nitrogens is 1. The van der Waals surface area contributed by atoms with Gasteiger partial charge in [-0.3, -0.25) is 14.7 Å². The molecular weight excluding hydrogens is 272 g/mol. The van der Waals surface area contributed by atoms with Crippen LogP contribution in [0.15, 0.2) is 18.3 Å². The Morgan fingerprint density at radius 3 is 2.90 bits per heavy atom. The van der Waals surface area contributed by atoms with Gasteiger partial charge in [0.1, 0.15) is 10.7 Å². The van der Waals surface area contributed by atoms with Gasteiger partial charge < -0.3 is 11.5 Å². The Morgan fingerprint density at radius 1 is 1.50 bits per heavy atom. The number of carbonyl (C=O) groups is 1. The monoisotopic (exact) mass is 292 g/mol. The average Bonchev–Trinajstić information content (AvgIpc) is 2.41. The van der Waals surface area contributed by atoms with Crippen molar-refractivity contribution in [1.82, 2.24) is 9.88 Å². The first-order valence-electron chi connectivity index (χ1n) is 6.76. The molecule has 0 saturated carbocycles. The molecule has 2 unspecified atom stereocenters. The van der Waals surface area contributed by atoms with Gasteiger partial charge in [0.15, 0.2) is 0 Å². The zero-order valence-electron chi connectivity index (χ0n) is 11.6. The quantitative estimate of drug-likeness (QED) is 0.802. The molecule has 0 aliphatic carbocycles. The van der Waals surface area contributed by atoms with Gasteiger partial charge in [-0.15, -0.1) is 0 Å². The van der Waals surface area contributed by atoms with Crippen LogP contribution in [-0.4, -0.2) is 33.4 Å². The number of hydrogen-bond acceptors (Lipinski definition) is 4. The highest BCUT2D eigenvalue weighted by Crippen LogP contribution is 2.24. The first kappa shape index (κ1) is 14.9. The maximum absolute atomic E-state index is 11.4. The van der Waals surface area contributed by atoms with E-state index in [4.69, 9.17) is 23.7 Å².